The van der Waals surface area contributed by atoms with E-state index in [1.807, 2.05) is 5.32 Å². The second kappa shape index (κ2) is 5.29. The molecule has 0 aliphatic heterocycles. The van der Waals surface area contributed by atoms with Crippen molar-refractivity contribution in [2.75, 3.05) is 0 Å². The van der Waals surface area contributed by atoms with E-state index >= 15 is 0 Å². The first-order valence-corrected chi connectivity index (χ1v) is 6.53. The summed E-state index contributed by atoms with van der Waals surface area (Å²) in [5, 5.41) is 11.6. The largest absolute Gasteiger partial charge is 0.383 e. The van der Waals surface area contributed by atoms with Crippen molar-refractivity contribution in [1.29, 1.82) is 0 Å². The lowest BCUT2D eigenvalue weighted by Crippen LogP contribution is -2.60. The predicted molar refractivity (Wildman–Crippen MR) is 66.7 cm³/mol. The third-order valence-electron chi connectivity index (χ3n) is 3.83. The van der Waals surface area contributed by atoms with Crippen molar-refractivity contribution in [2.24, 2.45) is 0 Å². The highest BCUT2D eigenvalue weighted by Crippen LogP contribution is 2.44. The highest BCUT2D eigenvalue weighted by molar-refractivity contribution is 5.85. The summed E-state index contributed by atoms with van der Waals surface area (Å²) in [5.74, 6) is -7.35. The Morgan fingerprint density at radius 2 is 2.00 bits per heavy atom. The van der Waals surface area contributed by atoms with Crippen LogP contribution < -0.4 is 5.32 Å². The van der Waals surface area contributed by atoms with Crippen molar-refractivity contribution >= 4 is 5.91 Å². The number of rotatable bonds is 4. The third kappa shape index (κ3) is 2.74. The van der Waals surface area contributed by atoms with E-state index in [4.69, 9.17) is 0 Å². The van der Waals surface area contributed by atoms with E-state index in [1.54, 1.807) is 0 Å². The Bertz CT molecular complexity index is 558. The number of hydrogen-bond donors (Lipinski definition) is 2. The molecule has 116 valence electrons. The number of hydrogen-bond acceptors (Lipinski definition) is 2. The highest BCUT2D eigenvalue weighted by Gasteiger charge is 2.61. The summed E-state index contributed by atoms with van der Waals surface area (Å²) >= 11 is 0. The van der Waals surface area contributed by atoms with Crippen molar-refractivity contribution in [1.82, 2.24) is 5.32 Å². The van der Waals surface area contributed by atoms with Gasteiger partial charge in [0.15, 0.2) is 0 Å². The molecule has 1 fully saturated rings. The molecule has 21 heavy (non-hydrogen) atoms. The van der Waals surface area contributed by atoms with Gasteiger partial charge in [0, 0.05) is 11.6 Å². The lowest BCUT2D eigenvalue weighted by molar-refractivity contribution is -0.216. The number of aliphatic hydroxyl groups is 1. The lowest BCUT2D eigenvalue weighted by atomic mass is 9.75. The number of amides is 1. The monoisotopic (exact) mass is 305 g/mol. The van der Waals surface area contributed by atoms with Gasteiger partial charge >= 0.3 is 5.92 Å². The Morgan fingerprint density at radius 1 is 1.38 bits per heavy atom. The summed E-state index contributed by atoms with van der Waals surface area (Å²) in [6, 6.07) is 1.58. The quantitative estimate of drug-likeness (QED) is 0.840. The Kier molecular flexibility index (Phi) is 3.97. The maximum Gasteiger partial charge on any atom is 0.352 e. The lowest BCUT2D eigenvalue weighted by Gasteiger charge is -2.41. The molecule has 1 amide bonds. The van der Waals surface area contributed by atoms with Gasteiger partial charge in [0.25, 0.3) is 5.91 Å². The van der Waals surface area contributed by atoms with Gasteiger partial charge in [-0.25, -0.2) is 8.78 Å². The molecule has 2 rings (SSSR count). The third-order valence-corrected chi connectivity index (χ3v) is 3.83. The molecule has 1 aromatic rings. The Hall–Kier alpha value is -1.63. The smallest absolute Gasteiger partial charge is 0.352 e. The molecule has 3 nitrogen and oxygen atoms in total. The van der Waals surface area contributed by atoms with Gasteiger partial charge < -0.3 is 10.4 Å². The molecule has 1 aliphatic carbocycles. The molecule has 0 heterocycles. The van der Waals surface area contributed by atoms with Crippen LogP contribution in [0.5, 0.6) is 0 Å². The average Bonchev–Trinajstić information content (AvgIpc) is 2.35. The molecule has 2 N–H and O–H groups in total. The number of nitrogens with one attached hydrogen (secondary N) is 1. The van der Waals surface area contributed by atoms with Crippen molar-refractivity contribution in [2.45, 2.75) is 43.8 Å². The van der Waals surface area contributed by atoms with E-state index in [2.05, 4.69) is 0 Å². The Labute approximate surface area is 119 Å². The van der Waals surface area contributed by atoms with Gasteiger partial charge in [-0.1, -0.05) is 6.07 Å². The number of benzene rings is 1. The van der Waals surface area contributed by atoms with Crippen LogP contribution in [0.2, 0.25) is 0 Å². The highest BCUT2D eigenvalue weighted by atomic mass is 19.3. The molecule has 7 heteroatoms. The number of carbonyl (C=O) groups is 1. The van der Waals surface area contributed by atoms with Crippen LogP contribution in [0.25, 0.3) is 0 Å². The molecule has 0 saturated heterocycles. The molecule has 1 aliphatic rings. The summed E-state index contributed by atoms with van der Waals surface area (Å²) in [7, 11) is 0. The summed E-state index contributed by atoms with van der Waals surface area (Å²) in [5.41, 5.74) is -2.45. The van der Waals surface area contributed by atoms with Crippen LogP contribution in [-0.4, -0.2) is 22.5 Å². The van der Waals surface area contributed by atoms with Gasteiger partial charge in [0.1, 0.15) is 17.2 Å². The van der Waals surface area contributed by atoms with Crippen LogP contribution in [0.15, 0.2) is 18.2 Å². The van der Waals surface area contributed by atoms with Crippen LogP contribution in [0.3, 0.4) is 0 Å². The molecular weight excluding hydrogens is 290 g/mol. The standard InChI is InChI=1S/C14H15F4NO2/c1-8(10-4-3-9(15)7-11(10)16)19-12(20)14(17,18)13(21)5-2-6-13/h3-4,7-8,21H,2,5-6H2,1H3,(H,19,20). The van der Waals surface area contributed by atoms with Crippen LogP contribution in [0.4, 0.5) is 17.6 Å². The van der Waals surface area contributed by atoms with Crippen LogP contribution in [0, 0.1) is 11.6 Å². The van der Waals surface area contributed by atoms with Crippen molar-refractivity contribution in [3.63, 3.8) is 0 Å². The van der Waals surface area contributed by atoms with E-state index in [9.17, 15) is 27.5 Å². The van der Waals surface area contributed by atoms with Gasteiger partial charge in [-0.2, -0.15) is 8.78 Å². The van der Waals surface area contributed by atoms with Crippen LogP contribution >= 0.6 is 0 Å². The summed E-state index contributed by atoms with van der Waals surface area (Å²) in [6.45, 7) is 1.30. The Morgan fingerprint density at radius 3 is 2.48 bits per heavy atom. The first-order chi connectivity index (χ1) is 9.67. The second-order valence-corrected chi connectivity index (χ2v) is 5.32. The maximum absolute atomic E-state index is 13.9. The van der Waals surface area contributed by atoms with Crippen molar-refractivity contribution in [3.05, 3.63) is 35.4 Å². The topological polar surface area (TPSA) is 49.3 Å². The summed E-state index contributed by atoms with van der Waals surface area (Å²) in [4.78, 5) is 11.6. The molecule has 0 radical (unpaired) electrons. The van der Waals surface area contributed by atoms with Crippen LogP contribution in [-0.2, 0) is 4.79 Å². The van der Waals surface area contributed by atoms with E-state index in [0.29, 0.717) is 12.5 Å². The molecular formula is C14H15F4NO2. The van der Waals surface area contributed by atoms with Crippen molar-refractivity contribution < 1.29 is 27.5 Å². The van der Waals surface area contributed by atoms with Gasteiger partial charge in [-0.05, 0) is 32.3 Å². The van der Waals surface area contributed by atoms with Gasteiger partial charge in [0.05, 0.1) is 6.04 Å². The zero-order valence-corrected chi connectivity index (χ0v) is 11.3. The molecule has 0 bridgehead atoms. The summed E-state index contributed by atoms with van der Waals surface area (Å²) < 4.78 is 54.1. The predicted octanol–water partition coefficient (Wildman–Crippen LogP) is 2.69. The number of halogens is 4. The zero-order valence-electron chi connectivity index (χ0n) is 11.3. The average molecular weight is 305 g/mol. The fourth-order valence-corrected chi connectivity index (χ4v) is 2.25. The minimum atomic E-state index is -3.95. The van der Waals surface area contributed by atoms with E-state index in [0.717, 1.165) is 12.1 Å². The Balaban J connectivity index is 2.12. The van der Waals surface area contributed by atoms with Crippen LogP contribution in [0.1, 0.15) is 37.8 Å². The normalized spacial score (nSPS) is 18.8. The summed E-state index contributed by atoms with van der Waals surface area (Å²) in [6.07, 6.45) is 0.0981. The second-order valence-electron chi connectivity index (χ2n) is 5.32. The van der Waals surface area contributed by atoms with Crippen molar-refractivity contribution in [3.8, 4) is 0 Å². The molecule has 1 aromatic carbocycles. The van der Waals surface area contributed by atoms with Gasteiger partial charge in [-0.15, -0.1) is 0 Å². The molecule has 1 atom stereocenters. The molecule has 1 saturated carbocycles. The maximum atomic E-state index is 13.9. The minimum absolute atomic E-state index is 0.110. The van der Waals surface area contributed by atoms with E-state index in [-0.39, 0.29) is 18.4 Å². The van der Waals surface area contributed by atoms with Gasteiger partial charge in [0.2, 0.25) is 0 Å². The fraction of sp³-hybridized carbons (Fsp3) is 0.500. The molecule has 0 spiro atoms. The molecule has 0 aromatic heterocycles. The first kappa shape index (κ1) is 15.8. The SMILES string of the molecule is CC(NC(=O)C(F)(F)C1(O)CCC1)c1ccc(F)cc1F. The first-order valence-electron chi connectivity index (χ1n) is 6.53. The number of carbonyl (C=O) groups excluding carboxylic acids is 1. The fourth-order valence-electron chi connectivity index (χ4n) is 2.25. The molecule has 1 unspecified atom stereocenters. The number of alkyl halides is 2. The van der Waals surface area contributed by atoms with Gasteiger partial charge in [-0.3, -0.25) is 4.79 Å². The van der Waals surface area contributed by atoms with E-state index in [1.165, 1.54) is 6.92 Å². The van der Waals surface area contributed by atoms with E-state index < -0.39 is 35.1 Å². The zero-order chi connectivity index (χ0) is 15.8. The minimum Gasteiger partial charge on any atom is -0.383 e.